The second kappa shape index (κ2) is 16.6. The van der Waals surface area contributed by atoms with E-state index in [4.69, 9.17) is 5.73 Å². The second-order valence-electron chi connectivity index (χ2n) is 17.6. The zero-order valence-corrected chi connectivity index (χ0v) is 37.3. The summed E-state index contributed by atoms with van der Waals surface area (Å²) in [5.41, 5.74) is 17.3. The number of allylic oxidation sites excluding steroid dienone is 8. The first kappa shape index (κ1) is 43.1. The van der Waals surface area contributed by atoms with Crippen LogP contribution < -0.4 is 10.6 Å². The number of fused-ring (bicyclic) bond motifs is 6. The molecule has 4 N–H and O–H groups in total. The summed E-state index contributed by atoms with van der Waals surface area (Å²) in [5.74, 6) is -0.323. The summed E-state index contributed by atoms with van der Waals surface area (Å²) in [6.45, 7) is 9.87. The minimum absolute atomic E-state index is 0.267. The Kier molecular flexibility index (Phi) is 11.5. The summed E-state index contributed by atoms with van der Waals surface area (Å²) >= 11 is 0. The topological polar surface area (TPSA) is 141 Å². The molecule has 0 amide bonds. The molecule has 0 saturated heterocycles. The Morgan fingerprint density at radius 1 is 0.758 bits per heavy atom. The van der Waals surface area contributed by atoms with Crippen LogP contribution in [0.15, 0.2) is 150 Å². The lowest BCUT2D eigenvalue weighted by atomic mass is 9.78. The molecular formula is C51H54N3O6S2+. The number of hydrogen-bond acceptors (Lipinski definition) is 6. The average molecular weight is 869 g/mol. The van der Waals surface area contributed by atoms with Crippen LogP contribution in [-0.2, 0) is 31.1 Å². The molecule has 0 atom stereocenters. The fourth-order valence-electron chi connectivity index (χ4n) is 9.99. The van der Waals surface area contributed by atoms with E-state index in [1.165, 1.54) is 33.7 Å². The van der Waals surface area contributed by atoms with E-state index in [1.54, 1.807) is 0 Å². The molecule has 0 unspecified atom stereocenters. The first-order valence-corrected chi connectivity index (χ1v) is 24.3. The summed E-state index contributed by atoms with van der Waals surface area (Å²) in [6.07, 6.45) is 13.7. The maximum atomic E-state index is 11.8. The van der Waals surface area contributed by atoms with Gasteiger partial charge in [0.05, 0.1) is 16.6 Å². The second-order valence-corrected chi connectivity index (χ2v) is 20.4. The van der Waals surface area contributed by atoms with Crippen LogP contribution in [0.25, 0.3) is 27.1 Å². The van der Waals surface area contributed by atoms with Crippen molar-refractivity contribution in [2.45, 2.75) is 70.6 Å². The molecule has 0 radical (unpaired) electrons. The molecule has 5 aromatic carbocycles. The van der Waals surface area contributed by atoms with Gasteiger partial charge in [-0.2, -0.15) is 21.4 Å². The molecule has 2 aliphatic heterocycles. The maximum Gasteiger partial charge on any atom is 0.287 e. The van der Waals surface area contributed by atoms with E-state index in [1.807, 2.05) is 24.3 Å². The van der Waals surface area contributed by atoms with Crippen molar-refractivity contribution in [3.05, 3.63) is 166 Å². The highest BCUT2D eigenvalue weighted by Gasteiger charge is 2.46. The summed E-state index contributed by atoms with van der Waals surface area (Å²) in [4.78, 5) is 2.28. The maximum absolute atomic E-state index is 11.8. The first-order valence-electron chi connectivity index (χ1n) is 21.2. The van der Waals surface area contributed by atoms with Gasteiger partial charge in [-0.25, -0.2) is 0 Å². The minimum atomic E-state index is -4.24. The Balaban J connectivity index is 1.25. The van der Waals surface area contributed by atoms with Crippen molar-refractivity contribution in [1.29, 1.82) is 0 Å². The van der Waals surface area contributed by atoms with E-state index >= 15 is 0 Å². The van der Waals surface area contributed by atoms with Crippen molar-refractivity contribution in [3.63, 3.8) is 0 Å². The molecular weight excluding hydrogens is 815 g/mol. The van der Waals surface area contributed by atoms with Gasteiger partial charge in [0.25, 0.3) is 20.2 Å². The van der Waals surface area contributed by atoms with E-state index in [0.717, 1.165) is 74.7 Å². The van der Waals surface area contributed by atoms with Crippen molar-refractivity contribution >= 4 is 70.1 Å². The highest BCUT2D eigenvalue weighted by Crippen LogP contribution is 2.51. The van der Waals surface area contributed by atoms with Crippen LogP contribution in [0.5, 0.6) is 0 Å². The number of hydrogen-bond donors (Lipinski definition) is 3. The van der Waals surface area contributed by atoms with Crippen LogP contribution >= 0.6 is 0 Å². The summed E-state index contributed by atoms with van der Waals surface area (Å²) in [5, 5.41) is 5.48. The fraction of sp³-hybridized carbons (Fsp3) is 0.275. The molecule has 62 heavy (non-hydrogen) atoms. The fourth-order valence-corrected chi connectivity index (χ4v) is 10.9. The molecule has 1 aliphatic carbocycles. The van der Waals surface area contributed by atoms with Crippen molar-refractivity contribution in [2.75, 3.05) is 29.5 Å². The molecule has 8 rings (SSSR count). The summed E-state index contributed by atoms with van der Waals surface area (Å²) < 4.78 is 68.0. The van der Waals surface area contributed by atoms with E-state index < -0.39 is 31.1 Å². The van der Waals surface area contributed by atoms with Crippen LogP contribution in [0.4, 0.5) is 17.1 Å². The third kappa shape index (κ3) is 8.46. The average Bonchev–Trinajstić information content (AvgIpc) is 3.58. The lowest BCUT2D eigenvalue weighted by Gasteiger charge is -2.27. The third-order valence-electron chi connectivity index (χ3n) is 12.7. The van der Waals surface area contributed by atoms with E-state index in [9.17, 15) is 25.9 Å². The van der Waals surface area contributed by atoms with Crippen molar-refractivity contribution in [3.8, 4) is 0 Å². The van der Waals surface area contributed by atoms with Gasteiger partial charge in [0.2, 0.25) is 5.69 Å². The van der Waals surface area contributed by atoms with Gasteiger partial charge >= 0.3 is 0 Å². The van der Waals surface area contributed by atoms with Gasteiger partial charge in [-0.05, 0) is 119 Å². The largest absolute Gasteiger partial charge is 0.399 e. The highest BCUT2D eigenvalue weighted by atomic mass is 32.2. The van der Waals surface area contributed by atoms with Gasteiger partial charge in [-0.3, -0.25) is 9.11 Å². The van der Waals surface area contributed by atoms with Gasteiger partial charge in [0.15, 0.2) is 5.71 Å². The van der Waals surface area contributed by atoms with Crippen LogP contribution in [0, 0.1) is 0 Å². The lowest BCUT2D eigenvalue weighted by Crippen LogP contribution is -2.28. The Morgan fingerprint density at radius 2 is 1.42 bits per heavy atom. The molecule has 0 saturated carbocycles. The van der Waals surface area contributed by atoms with E-state index in [-0.39, 0.29) is 12.2 Å². The Bertz CT molecular complexity index is 3030. The monoisotopic (exact) mass is 868 g/mol. The van der Waals surface area contributed by atoms with E-state index in [0.29, 0.717) is 25.2 Å². The molecule has 0 fully saturated rings. The zero-order valence-electron chi connectivity index (χ0n) is 35.7. The Labute approximate surface area is 365 Å². The number of nitrogen functional groups attached to an aromatic ring is 1. The number of nitrogens with two attached hydrogens (primary N) is 1. The number of benzene rings is 5. The molecule has 3 aliphatic rings. The number of anilines is 2. The first-order chi connectivity index (χ1) is 29.4. The summed E-state index contributed by atoms with van der Waals surface area (Å²) in [6, 6.07) is 33.3. The predicted molar refractivity (Wildman–Crippen MR) is 254 cm³/mol. The van der Waals surface area contributed by atoms with Gasteiger partial charge < -0.3 is 10.6 Å². The van der Waals surface area contributed by atoms with Crippen LogP contribution in [0.2, 0.25) is 0 Å². The third-order valence-corrected chi connectivity index (χ3v) is 14.0. The van der Waals surface area contributed by atoms with Crippen LogP contribution in [0.1, 0.15) is 76.5 Å². The predicted octanol–water partition coefficient (Wildman–Crippen LogP) is 10.8. The quantitative estimate of drug-likeness (QED) is 0.0639. The molecule has 0 aromatic heterocycles. The van der Waals surface area contributed by atoms with Crippen LogP contribution in [-0.4, -0.2) is 55.1 Å². The molecule has 320 valence electrons. The minimum Gasteiger partial charge on any atom is -0.399 e. The molecule has 5 aromatic rings. The normalized spacial score (nSPS) is 19.0. The van der Waals surface area contributed by atoms with Gasteiger partial charge in [0, 0.05) is 53.2 Å². The molecule has 11 heteroatoms. The Hall–Kier alpha value is -5.59. The zero-order chi connectivity index (χ0) is 44.0. The van der Waals surface area contributed by atoms with Gasteiger partial charge in [-0.15, -0.1) is 0 Å². The standard InChI is InChI=1S/C51H53N3O6S2/c1-50(2)45(53(31-9-10-33-61(55,56)57)43-27-21-35-13-5-7-17-41(35)48(43)50)29-23-37-15-11-16-38(47(37)39-19-25-40(52)26-20-39)24-30-46-51(3,4)49-42-18-8-6-14-36(42)22-28-44(49)54(46)32-12-34-62(58,59)60/h5-8,10,13-14,17-30,33,52H,9,11-12,15-16,31-32,34H2,1-4H3,(H2,55,56,57,58,59,60)/p+1/b33-10-,37-23+,45-29+. The van der Waals surface area contributed by atoms with Gasteiger partial charge in [-0.1, -0.05) is 98.8 Å². The van der Waals surface area contributed by atoms with Crippen molar-refractivity contribution < 1.29 is 30.5 Å². The lowest BCUT2D eigenvalue weighted by molar-refractivity contribution is -0.437. The number of nitrogens with zero attached hydrogens (tertiary/aromatic N) is 2. The summed E-state index contributed by atoms with van der Waals surface area (Å²) in [7, 11) is -8.37. The number of rotatable bonds is 12. The smallest absolute Gasteiger partial charge is 0.287 e. The Morgan fingerprint density at radius 3 is 2.10 bits per heavy atom. The molecule has 0 spiro atoms. The van der Waals surface area contributed by atoms with Gasteiger partial charge in [0.1, 0.15) is 6.54 Å². The van der Waals surface area contributed by atoms with Crippen molar-refractivity contribution in [1.82, 2.24) is 0 Å². The van der Waals surface area contributed by atoms with Crippen molar-refractivity contribution in [2.24, 2.45) is 0 Å². The molecule has 2 heterocycles. The molecule has 0 bridgehead atoms. The van der Waals surface area contributed by atoms with E-state index in [2.05, 4.69) is 134 Å². The highest BCUT2D eigenvalue weighted by molar-refractivity contribution is 7.88. The molecule has 9 nitrogen and oxygen atoms in total. The SMILES string of the molecule is CC1(C)C(/C=C/C2=C(c3ccc(N)cc3)C(=C/C=C3/N(CC/C=C\S(=O)(=O)O)c4ccc5ccccc5c4C3(C)C)/CCC2)=[N+](CCCS(=O)(=O)O)c2ccc3ccccc3c21. The van der Waals surface area contributed by atoms with Crippen LogP contribution in [0.3, 0.4) is 0 Å².